The van der Waals surface area contributed by atoms with Crippen molar-refractivity contribution in [3.63, 3.8) is 0 Å². The van der Waals surface area contributed by atoms with Gasteiger partial charge in [0.1, 0.15) is 23.0 Å². The Balaban J connectivity index is 1.13. The maximum Gasteiger partial charge on any atom is 0.220 e. The molecule has 0 saturated carbocycles. The van der Waals surface area contributed by atoms with E-state index >= 15 is 0 Å². The smallest absolute Gasteiger partial charge is 0.220 e. The maximum atomic E-state index is 6.91. The van der Waals surface area contributed by atoms with Crippen LogP contribution < -0.4 is 9.47 Å². The van der Waals surface area contributed by atoms with E-state index < -0.39 is 5.41 Å². The third kappa shape index (κ3) is 3.68. The fraction of sp³-hybridized carbons (Fsp3) is 0.0200. The lowest BCUT2D eigenvalue weighted by atomic mass is 9.62. The Kier molecular flexibility index (Phi) is 5.74. The molecule has 5 heterocycles. The standard InChI is InChI=1S/C50H30N4O2/c1-6-19-38-32(14-1)33-30-31(52-41-21-8-9-22-42(41)54-40-20-7-5-18-37(40)51-49(52)54)28-29-39(33)53(38)43-23-13-27-47-48(43)50(36-17-4-12-26-46(36)56-47)34-15-2-10-24-44(34)55-45-25-11-3-16-35(45)50/h1-30H. The van der Waals surface area contributed by atoms with Gasteiger partial charge in [0.2, 0.25) is 5.78 Å². The van der Waals surface area contributed by atoms with Crippen LogP contribution in [0, 0.1) is 0 Å². The maximum absolute atomic E-state index is 6.91. The van der Waals surface area contributed by atoms with Crippen molar-refractivity contribution in [2.24, 2.45) is 0 Å². The van der Waals surface area contributed by atoms with Crippen molar-refractivity contribution in [3.8, 4) is 34.4 Å². The number of para-hydroxylation sites is 8. The lowest BCUT2D eigenvalue weighted by Crippen LogP contribution is -2.37. The van der Waals surface area contributed by atoms with Gasteiger partial charge in [-0.05, 0) is 78.9 Å². The van der Waals surface area contributed by atoms with Gasteiger partial charge in [-0.25, -0.2) is 4.98 Å². The Morgan fingerprint density at radius 1 is 0.411 bits per heavy atom. The van der Waals surface area contributed by atoms with Crippen molar-refractivity contribution >= 4 is 49.7 Å². The number of hydrogen-bond donors (Lipinski definition) is 0. The SMILES string of the molecule is c1ccc2c(c1)Oc1ccccc1C21c2ccccc2Oc2cccc(-n3c4ccccc4c4cc(-n5c6ccccc6n6c7ccccc7nc56)ccc43)c21. The largest absolute Gasteiger partial charge is 0.457 e. The van der Waals surface area contributed by atoms with Crippen LogP contribution in [-0.2, 0) is 5.41 Å². The molecule has 11 aromatic rings. The molecule has 0 atom stereocenters. The number of rotatable bonds is 2. The van der Waals surface area contributed by atoms with Crippen LogP contribution >= 0.6 is 0 Å². The molecule has 262 valence electrons. The second-order valence-electron chi connectivity index (χ2n) is 14.7. The molecule has 0 unspecified atom stereocenters. The summed E-state index contributed by atoms with van der Waals surface area (Å²) in [6, 6.07) is 64.4. The zero-order valence-corrected chi connectivity index (χ0v) is 29.9. The number of imidazole rings is 2. The molecule has 6 heteroatoms. The van der Waals surface area contributed by atoms with E-state index in [4.69, 9.17) is 14.5 Å². The molecule has 0 aliphatic carbocycles. The summed E-state index contributed by atoms with van der Waals surface area (Å²) in [5, 5.41) is 2.32. The average Bonchev–Trinajstić information content (AvgIpc) is 3.90. The molecule has 8 aromatic carbocycles. The van der Waals surface area contributed by atoms with Crippen LogP contribution in [0.3, 0.4) is 0 Å². The number of aromatic nitrogens is 4. The number of nitrogens with zero attached hydrogens (tertiary/aromatic N) is 4. The van der Waals surface area contributed by atoms with Crippen molar-refractivity contribution in [1.82, 2.24) is 18.5 Å². The summed E-state index contributed by atoms with van der Waals surface area (Å²) in [7, 11) is 0. The molecule has 1 spiro atoms. The van der Waals surface area contributed by atoms with Gasteiger partial charge >= 0.3 is 0 Å². The number of fused-ring (bicyclic) bond motifs is 16. The second-order valence-corrected chi connectivity index (χ2v) is 14.7. The first-order valence-corrected chi connectivity index (χ1v) is 19.0. The highest BCUT2D eigenvalue weighted by Crippen LogP contribution is 2.62. The molecular formula is C50H30N4O2. The van der Waals surface area contributed by atoms with Gasteiger partial charge in [-0.3, -0.25) is 8.97 Å². The third-order valence-corrected chi connectivity index (χ3v) is 12.0. The van der Waals surface area contributed by atoms with E-state index in [1.165, 1.54) is 5.39 Å². The van der Waals surface area contributed by atoms with E-state index in [0.717, 1.165) is 101 Å². The topological polar surface area (TPSA) is 45.6 Å². The Morgan fingerprint density at radius 2 is 0.964 bits per heavy atom. The first kappa shape index (κ1) is 29.8. The van der Waals surface area contributed by atoms with Crippen LogP contribution in [0.5, 0.6) is 23.0 Å². The fourth-order valence-electron chi connectivity index (χ4n) is 9.81. The molecule has 0 saturated heterocycles. The van der Waals surface area contributed by atoms with Crippen LogP contribution in [0.2, 0.25) is 0 Å². The number of benzene rings is 8. The first-order chi connectivity index (χ1) is 27.8. The quantitative estimate of drug-likeness (QED) is 0.179. The lowest BCUT2D eigenvalue weighted by molar-refractivity contribution is 0.399. The molecule has 0 radical (unpaired) electrons. The highest BCUT2D eigenvalue weighted by Gasteiger charge is 2.52. The fourth-order valence-corrected chi connectivity index (χ4v) is 9.81. The zero-order chi connectivity index (χ0) is 36.5. The van der Waals surface area contributed by atoms with Gasteiger partial charge in [-0.15, -0.1) is 0 Å². The van der Waals surface area contributed by atoms with Gasteiger partial charge in [-0.2, -0.15) is 0 Å². The average molecular weight is 719 g/mol. The molecule has 13 rings (SSSR count). The van der Waals surface area contributed by atoms with E-state index in [0.29, 0.717) is 0 Å². The van der Waals surface area contributed by atoms with Crippen molar-refractivity contribution in [3.05, 3.63) is 204 Å². The molecule has 3 aromatic heterocycles. The molecular weight excluding hydrogens is 689 g/mol. The van der Waals surface area contributed by atoms with Crippen LogP contribution in [-0.4, -0.2) is 18.5 Å². The van der Waals surface area contributed by atoms with Gasteiger partial charge in [0, 0.05) is 38.7 Å². The van der Waals surface area contributed by atoms with E-state index in [2.05, 4.69) is 196 Å². The van der Waals surface area contributed by atoms with Crippen LogP contribution in [0.1, 0.15) is 22.3 Å². The molecule has 2 aliphatic heterocycles. The van der Waals surface area contributed by atoms with Gasteiger partial charge < -0.3 is 14.0 Å². The van der Waals surface area contributed by atoms with Gasteiger partial charge in [-0.1, -0.05) is 103 Å². The monoisotopic (exact) mass is 718 g/mol. The minimum atomic E-state index is -0.734. The Hall–Kier alpha value is -7.57. The van der Waals surface area contributed by atoms with Crippen LogP contribution in [0.4, 0.5) is 0 Å². The Labute approximate surface area is 320 Å². The minimum absolute atomic E-state index is 0.734. The Morgan fingerprint density at radius 3 is 1.70 bits per heavy atom. The van der Waals surface area contributed by atoms with Crippen molar-refractivity contribution < 1.29 is 9.47 Å². The number of hydrogen-bond acceptors (Lipinski definition) is 3. The lowest BCUT2D eigenvalue weighted by Gasteiger charge is -2.45. The van der Waals surface area contributed by atoms with E-state index in [9.17, 15) is 0 Å². The van der Waals surface area contributed by atoms with Gasteiger partial charge in [0.05, 0.1) is 44.2 Å². The van der Waals surface area contributed by atoms with E-state index in [1.807, 2.05) is 0 Å². The molecule has 2 aliphatic rings. The predicted molar refractivity (Wildman–Crippen MR) is 222 cm³/mol. The summed E-state index contributed by atoms with van der Waals surface area (Å²) in [5.74, 6) is 4.23. The highest BCUT2D eigenvalue weighted by molar-refractivity contribution is 6.10. The number of ether oxygens (including phenoxy) is 2. The van der Waals surface area contributed by atoms with Crippen molar-refractivity contribution in [2.75, 3.05) is 0 Å². The molecule has 0 amide bonds. The second kappa shape index (κ2) is 10.8. The molecule has 0 fully saturated rings. The summed E-state index contributed by atoms with van der Waals surface area (Å²) < 4.78 is 20.6. The molecule has 6 nitrogen and oxygen atoms in total. The highest BCUT2D eigenvalue weighted by atomic mass is 16.5. The predicted octanol–water partition coefficient (Wildman–Crippen LogP) is 12.1. The normalized spacial score (nSPS) is 13.8. The van der Waals surface area contributed by atoms with Crippen LogP contribution in [0.25, 0.3) is 61.0 Å². The summed E-state index contributed by atoms with van der Waals surface area (Å²) in [6.07, 6.45) is 0. The van der Waals surface area contributed by atoms with Gasteiger partial charge in [0.25, 0.3) is 0 Å². The van der Waals surface area contributed by atoms with Crippen molar-refractivity contribution in [1.29, 1.82) is 0 Å². The summed E-state index contributed by atoms with van der Waals surface area (Å²) in [5.41, 5.74) is 12.2. The molecule has 56 heavy (non-hydrogen) atoms. The van der Waals surface area contributed by atoms with E-state index in [-0.39, 0.29) is 0 Å². The van der Waals surface area contributed by atoms with E-state index in [1.54, 1.807) is 0 Å². The summed E-state index contributed by atoms with van der Waals surface area (Å²) in [6.45, 7) is 0. The van der Waals surface area contributed by atoms with Crippen LogP contribution in [0.15, 0.2) is 182 Å². The zero-order valence-electron chi connectivity index (χ0n) is 29.9. The molecule has 0 bridgehead atoms. The summed E-state index contributed by atoms with van der Waals surface area (Å²) in [4.78, 5) is 5.17. The third-order valence-electron chi connectivity index (χ3n) is 12.0. The summed E-state index contributed by atoms with van der Waals surface area (Å²) >= 11 is 0. The minimum Gasteiger partial charge on any atom is -0.457 e. The first-order valence-electron chi connectivity index (χ1n) is 19.0. The Bertz CT molecular complexity index is 3350. The van der Waals surface area contributed by atoms with Gasteiger partial charge in [0.15, 0.2) is 0 Å². The molecule has 0 N–H and O–H groups in total. The van der Waals surface area contributed by atoms with Crippen molar-refractivity contribution in [2.45, 2.75) is 5.41 Å².